The molecule has 0 radical (unpaired) electrons. The van der Waals surface area contributed by atoms with Crippen LogP contribution in [0.3, 0.4) is 0 Å². The normalized spacial score (nSPS) is 14.7. The van der Waals surface area contributed by atoms with E-state index in [1.165, 1.54) is 7.11 Å². The summed E-state index contributed by atoms with van der Waals surface area (Å²) >= 11 is 0. The van der Waals surface area contributed by atoms with Crippen molar-refractivity contribution in [1.29, 1.82) is 0 Å². The van der Waals surface area contributed by atoms with Crippen molar-refractivity contribution in [3.63, 3.8) is 0 Å². The first kappa shape index (κ1) is 10.9. The topological polar surface area (TPSA) is 35.5 Å². The van der Waals surface area contributed by atoms with Crippen molar-refractivity contribution in [3.8, 4) is 0 Å². The second kappa shape index (κ2) is 5.52. The van der Waals surface area contributed by atoms with Crippen LogP contribution in [-0.2, 0) is 14.6 Å². The fourth-order valence-corrected chi connectivity index (χ4v) is 1.35. The number of benzene rings is 1. The van der Waals surface area contributed by atoms with E-state index >= 15 is 0 Å². The molecule has 0 saturated carbocycles. The van der Waals surface area contributed by atoms with Gasteiger partial charge < -0.3 is 4.79 Å². The molecule has 0 heterocycles. The number of carbonyl (C=O) groups is 1. The van der Waals surface area contributed by atoms with Gasteiger partial charge in [-0.2, -0.15) is 0 Å². The Hall–Kier alpha value is -1.19. The van der Waals surface area contributed by atoms with Gasteiger partial charge in [0.2, 0.25) is 0 Å². The van der Waals surface area contributed by atoms with Gasteiger partial charge >= 0.3 is 0 Å². The van der Waals surface area contributed by atoms with Gasteiger partial charge in [0.05, 0.1) is 13.0 Å². The summed E-state index contributed by atoms with van der Waals surface area (Å²) in [6, 6.07) is 9.49. The molecule has 0 aliphatic heterocycles. The van der Waals surface area contributed by atoms with E-state index in [2.05, 4.69) is 4.89 Å². The van der Waals surface area contributed by atoms with Crippen molar-refractivity contribution in [1.82, 2.24) is 0 Å². The van der Waals surface area contributed by atoms with Crippen molar-refractivity contribution in [2.24, 2.45) is 0 Å². The lowest BCUT2D eigenvalue weighted by Gasteiger charge is -2.17. The average Bonchev–Trinajstić information content (AvgIpc) is 2.21. The number of hydrogen-bond acceptors (Lipinski definition) is 3. The fourth-order valence-electron chi connectivity index (χ4n) is 1.35. The number of hydrogen-bond donors (Lipinski definition) is 0. The number of rotatable bonds is 5. The first-order valence-corrected chi connectivity index (χ1v) is 4.49. The molecule has 2 unspecified atom stereocenters. The van der Waals surface area contributed by atoms with Crippen LogP contribution in [0, 0.1) is 0 Å². The van der Waals surface area contributed by atoms with E-state index in [1.807, 2.05) is 30.3 Å². The quantitative estimate of drug-likeness (QED) is 0.408. The third kappa shape index (κ3) is 2.65. The molecule has 0 amide bonds. The van der Waals surface area contributed by atoms with Crippen LogP contribution in [0.1, 0.15) is 18.4 Å². The number of carbonyl (C=O) groups excluding carboxylic acids is 1. The zero-order valence-electron chi connectivity index (χ0n) is 8.34. The van der Waals surface area contributed by atoms with Crippen molar-refractivity contribution in [3.05, 3.63) is 35.9 Å². The van der Waals surface area contributed by atoms with Crippen LogP contribution >= 0.6 is 0 Å². The van der Waals surface area contributed by atoms with Gasteiger partial charge in [0.25, 0.3) is 0 Å². The van der Waals surface area contributed by atoms with Gasteiger partial charge in [-0.15, -0.1) is 0 Å². The van der Waals surface area contributed by atoms with Crippen molar-refractivity contribution in [2.45, 2.75) is 18.9 Å². The van der Waals surface area contributed by atoms with E-state index in [4.69, 9.17) is 4.89 Å². The number of aldehydes is 1. The minimum atomic E-state index is -0.281. The predicted molar refractivity (Wildman–Crippen MR) is 52.8 cm³/mol. The molecule has 0 spiro atoms. The maximum absolute atomic E-state index is 10.9. The second-order valence-corrected chi connectivity index (χ2v) is 3.04. The smallest absolute Gasteiger partial charge is 0.130 e. The molecular formula is C11H14O3. The van der Waals surface area contributed by atoms with Crippen molar-refractivity contribution < 1.29 is 14.6 Å². The minimum absolute atomic E-state index is 0.278. The van der Waals surface area contributed by atoms with Crippen LogP contribution in [-0.4, -0.2) is 19.5 Å². The minimum Gasteiger partial charge on any atom is -0.303 e. The Balaban J connectivity index is 2.76. The molecule has 0 aliphatic rings. The Bertz CT molecular complexity index is 271. The first-order chi connectivity index (χ1) is 6.79. The Labute approximate surface area is 83.6 Å². The molecule has 0 N–H and O–H groups in total. The monoisotopic (exact) mass is 194 g/mol. The molecule has 2 atom stereocenters. The SMILES string of the molecule is COOC(C)C(C=O)c1ccccc1. The lowest BCUT2D eigenvalue weighted by Crippen LogP contribution is -2.19. The molecule has 14 heavy (non-hydrogen) atoms. The zero-order valence-corrected chi connectivity index (χ0v) is 8.34. The van der Waals surface area contributed by atoms with Crippen LogP contribution in [0.25, 0.3) is 0 Å². The van der Waals surface area contributed by atoms with E-state index in [-0.39, 0.29) is 12.0 Å². The third-order valence-corrected chi connectivity index (χ3v) is 2.08. The molecular weight excluding hydrogens is 180 g/mol. The van der Waals surface area contributed by atoms with E-state index < -0.39 is 0 Å². The highest BCUT2D eigenvalue weighted by atomic mass is 17.2. The summed E-state index contributed by atoms with van der Waals surface area (Å²) in [5.74, 6) is -0.281. The lowest BCUT2D eigenvalue weighted by atomic mass is 9.96. The van der Waals surface area contributed by atoms with Gasteiger partial charge in [-0.3, -0.25) is 0 Å². The Morgan fingerprint density at radius 3 is 2.43 bits per heavy atom. The van der Waals surface area contributed by atoms with Gasteiger partial charge in [0.15, 0.2) is 0 Å². The van der Waals surface area contributed by atoms with E-state index in [0.717, 1.165) is 11.8 Å². The molecule has 0 saturated heterocycles. The zero-order chi connectivity index (χ0) is 10.4. The van der Waals surface area contributed by atoms with E-state index in [0.29, 0.717) is 0 Å². The lowest BCUT2D eigenvalue weighted by molar-refractivity contribution is -0.302. The van der Waals surface area contributed by atoms with Crippen LogP contribution in [0.5, 0.6) is 0 Å². The van der Waals surface area contributed by atoms with Crippen LogP contribution in [0.15, 0.2) is 30.3 Å². The molecule has 3 nitrogen and oxygen atoms in total. The Kier molecular flexibility index (Phi) is 4.29. The molecule has 0 aliphatic carbocycles. The first-order valence-electron chi connectivity index (χ1n) is 4.49. The molecule has 0 aromatic heterocycles. The summed E-state index contributed by atoms with van der Waals surface area (Å²) in [5.41, 5.74) is 0.937. The van der Waals surface area contributed by atoms with Gasteiger partial charge in [-0.05, 0) is 12.5 Å². The van der Waals surface area contributed by atoms with Gasteiger partial charge in [-0.1, -0.05) is 30.3 Å². The molecule has 1 aromatic carbocycles. The highest BCUT2D eigenvalue weighted by Crippen LogP contribution is 2.19. The molecule has 1 aromatic rings. The highest BCUT2D eigenvalue weighted by Gasteiger charge is 2.19. The second-order valence-electron chi connectivity index (χ2n) is 3.04. The Morgan fingerprint density at radius 1 is 1.29 bits per heavy atom. The summed E-state index contributed by atoms with van der Waals surface area (Å²) < 4.78 is 0. The molecule has 0 bridgehead atoms. The van der Waals surface area contributed by atoms with Crippen molar-refractivity contribution >= 4 is 6.29 Å². The summed E-state index contributed by atoms with van der Waals surface area (Å²) in [6.07, 6.45) is 0.596. The molecule has 0 fully saturated rings. The van der Waals surface area contributed by atoms with Gasteiger partial charge in [-0.25, -0.2) is 9.78 Å². The Morgan fingerprint density at radius 2 is 1.93 bits per heavy atom. The predicted octanol–water partition coefficient (Wildman–Crippen LogP) is 1.94. The van der Waals surface area contributed by atoms with E-state index in [1.54, 1.807) is 6.92 Å². The van der Waals surface area contributed by atoms with E-state index in [9.17, 15) is 4.79 Å². The van der Waals surface area contributed by atoms with Gasteiger partial charge in [0.1, 0.15) is 12.4 Å². The third-order valence-electron chi connectivity index (χ3n) is 2.08. The maximum atomic E-state index is 10.9. The standard InChI is InChI=1S/C11H14O3/c1-9(14-13-2)11(8-12)10-6-4-3-5-7-10/h3-9,11H,1-2H3. The maximum Gasteiger partial charge on any atom is 0.130 e. The van der Waals surface area contributed by atoms with Gasteiger partial charge in [0, 0.05) is 0 Å². The molecule has 76 valence electrons. The van der Waals surface area contributed by atoms with Crippen molar-refractivity contribution in [2.75, 3.05) is 7.11 Å². The highest BCUT2D eigenvalue weighted by molar-refractivity contribution is 5.63. The largest absolute Gasteiger partial charge is 0.303 e. The molecule has 1 rings (SSSR count). The van der Waals surface area contributed by atoms with Crippen LogP contribution in [0.4, 0.5) is 0 Å². The average molecular weight is 194 g/mol. The fraction of sp³-hybridized carbons (Fsp3) is 0.364. The summed E-state index contributed by atoms with van der Waals surface area (Å²) in [5, 5.41) is 0. The summed E-state index contributed by atoms with van der Waals surface area (Å²) in [6.45, 7) is 1.80. The molecule has 3 heteroatoms. The summed E-state index contributed by atoms with van der Waals surface area (Å²) in [4.78, 5) is 20.4. The summed E-state index contributed by atoms with van der Waals surface area (Å²) in [7, 11) is 1.43. The van der Waals surface area contributed by atoms with Crippen LogP contribution in [0.2, 0.25) is 0 Å². The van der Waals surface area contributed by atoms with Crippen LogP contribution < -0.4 is 0 Å².